The molecule has 134 valence electrons. The molecule has 1 unspecified atom stereocenters. The molecule has 1 atom stereocenters. The Morgan fingerprint density at radius 3 is 2.44 bits per heavy atom. The van der Waals surface area contributed by atoms with E-state index in [1.807, 2.05) is 24.3 Å². The molecule has 6 heteroatoms. The van der Waals surface area contributed by atoms with Gasteiger partial charge in [0.15, 0.2) is 0 Å². The van der Waals surface area contributed by atoms with E-state index in [1.54, 1.807) is 19.2 Å². The van der Waals surface area contributed by atoms with Gasteiger partial charge in [-0.25, -0.2) is 5.01 Å². The van der Waals surface area contributed by atoms with Gasteiger partial charge in [0.25, 0.3) is 5.91 Å². The maximum atomic E-state index is 13.2. The lowest BCUT2D eigenvalue weighted by molar-refractivity contribution is -0.144. The summed E-state index contributed by atoms with van der Waals surface area (Å²) in [6.45, 7) is 0.494. The van der Waals surface area contributed by atoms with Crippen LogP contribution in [0.1, 0.15) is 37.7 Å². The number of nitrogens with zero attached hydrogens (tertiary/aromatic N) is 1. The molecule has 4 rings (SSSR count). The van der Waals surface area contributed by atoms with E-state index in [1.165, 1.54) is 19.3 Å². The summed E-state index contributed by atoms with van der Waals surface area (Å²) in [4.78, 5) is 25.2. The van der Waals surface area contributed by atoms with Crippen LogP contribution >= 0.6 is 0 Å². The quantitative estimate of drug-likeness (QED) is 0.866. The Morgan fingerprint density at radius 2 is 1.96 bits per heavy atom. The molecule has 25 heavy (non-hydrogen) atoms. The second-order valence-electron chi connectivity index (χ2n) is 7.90. The van der Waals surface area contributed by atoms with Gasteiger partial charge in [-0.1, -0.05) is 18.6 Å². The number of rotatable bonds is 4. The first-order chi connectivity index (χ1) is 12.0. The zero-order chi connectivity index (χ0) is 17.7. The van der Waals surface area contributed by atoms with Crippen LogP contribution in [0, 0.1) is 5.41 Å². The molecule has 0 bridgehead atoms. The van der Waals surface area contributed by atoms with Crippen molar-refractivity contribution in [2.24, 2.45) is 5.41 Å². The molecule has 2 amide bonds. The van der Waals surface area contributed by atoms with Gasteiger partial charge < -0.3 is 10.1 Å². The summed E-state index contributed by atoms with van der Waals surface area (Å²) >= 11 is 0. The summed E-state index contributed by atoms with van der Waals surface area (Å²) in [7, 11) is 3.44. The highest BCUT2D eigenvalue weighted by Gasteiger charge is 2.61. The average molecular weight is 343 g/mol. The van der Waals surface area contributed by atoms with E-state index in [0.29, 0.717) is 12.0 Å². The lowest BCUT2D eigenvalue weighted by Crippen LogP contribution is -2.62. The summed E-state index contributed by atoms with van der Waals surface area (Å²) < 4.78 is 5.24. The largest absolute Gasteiger partial charge is 0.497 e. The number of benzene rings is 1. The highest BCUT2D eigenvalue weighted by atomic mass is 16.5. The van der Waals surface area contributed by atoms with Gasteiger partial charge in [-0.05, 0) is 48.8 Å². The SMILES string of the molecule is COc1ccc(C2(C(=O)NC3CN(C)NC3=O)CC3(CCC3)C2)cc1. The highest BCUT2D eigenvalue weighted by Crippen LogP contribution is 2.65. The van der Waals surface area contributed by atoms with Gasteiger partial charge in [-0.2, -0.15) is 0 Å². The second kappa shape index (κ2) is 5.73. The molecule has 6 nitrogen and oxygen atoms in total. The van der Waals surface area contributed by atoms with Gasteiger partial charge in [0.05, 0.1) is 12.5 Å². The summed E-state index contributed by atoms with van der Waals surface area (Å²) in [5.74, 6) is 0.623. The number of hydrogen-bond donors (Lipinski definition) is 2. The number of likely N-dealkylation sites (N-methyl/N-ethyl adjacent to an activating group) is 1. The third kappa shape index (κ3) is 2.59. The van der Waals surface area contributed by atoms with Crippen molar-refractivity contribution in [1.82, 2.24) is 15.8 Å². The van der Waals surface area contributed by atoms with Crippen LogP contribution < -0.4 is 15.5 Å². The van der Waals surface area contributed by atoms with Gasteiger partial charge in [0, 0.05) is 13.6 Å². The predicted octanol–water partition coefficient (Wildman–Crippen LogP) is 1.36. The van der Waals surface area contributed by atoms with Crippen LogP contribution in [0.15, 0.2) is 24.3 Å². The zero-order valence-corrected chi connectivity index (χ0v) is 14.8. The Bertz CT molecular complexity index is 688. The second-order valence-corrected chi connectivity index (χ2v) is 7.90. The first-order valence-corrected chi connectivity index (χ1v) is 8.94. The van der Waals surface area contributed by atoms with E-state index in [9.17, 15) is 9.59 Å². The summed E-state index contributed by atoms with van der Waals surface area (Å²) in [5.41, 5.74) is 3.56. The Kier molecular flexibility index (Phi) is 3.76. The monoisotopic (exact) mass is 343 g/mol. The molecule has 0 aromatic heterocycles. The molecule has 2 N–H and O–H groups in total. The summed E-state index contributed by atoms with van der Waals surface area (Å²) in [6.07, 6.45) is 5.44. The highest BCUT2D eigenvalue weighted by molar-refractivity contribution is 5.94. The number of hydrogen-bond acceptors (Lipinski definition) is 4. The number of amides is 2. The van der Waals surface area contributed by atoms with Crippen LogP contribution in [0.2, 0.25) is 0 Å². The third-order valence-corrected chi connectivity index (χ3v) is 6.22. The molecule has 1 aliphatic heterocycles. The van der Waals surface area contributed by atoms with Crippen molar-refractivity contribution in [1.29, 1.82) is 0 Å². The van der Waals surface area contributed by atoms with E-state index in [0.717, 1.165) is 24.2 Å². The first-order valence-electron chi connectivity index (χ1n) is 8.94. The van der Waals surface area contributed by atoms with E-state index >= 15 is 0 Å². The Labute approximate surface area is 147 Å². The fraction of sp³-hybridized carbons (Fsp3) is 0.579. The smallest absolute Gasteiger partial charge is 0.258 e. The van der Waals surface area contributed by atoms with Crippen molar-refractivity contribution < 1.29 is 14.3 Å². The summed E-state index contributed by atoms with van der Waals surface area (Å²) in [6, 6.07) is 7.32. The van der Waals surface area contributed by atoms with Gasteiger partial charge >= 0.3 is 0 Å². The van der Waals surface area contributed by atoms with Crippen LogP contribution in [-0.4, -0.2) is 43.6 Å². The lowest BCUT2D eigenvalue weighted by Gasteiger charge is -2.60. The summed E-state index contributed by atoms with van der Waals surface area (Å²) in [5, 5.41) is 4.70. The molecule has 1 spiro atoms. The zero-order valence-electron chi connectivity index (χ0n) is 14.8. The molecule has 2 saturated carbocycles. The van der Waals surface area contributed by atoms with Gasteiger partial charge in [0.2, 0.25) is 5.91 Å². The minimum atomic E-state index is -0.520. The molecule has 3 fully saturated rings. The maximum absolute atomic E-state index is 13.2. The van der Waals surface area contributed by atoms with Crippen molar-refractivity contribution >= 4 is 11.8 Å². The molecular formula is C19H25N3O3. The Morgan fingerprint density at radius 1 is 1.28 bits per heavy atom. The fourth-order valence-electron chi connectivity index (χ4n) is 4.74. The Balaban J connectivity index is 1.57. The van der Waals surface area contributed by atoms with Crippen molar-refractivity contribution in [3.05, 3.63) is 29.8 Å². The number of carbonyl (C=O) groups excluding carboxylic acids is 2. The number of hydrazine groups is 1. The molecule has 1 aromatic carbocycles. The fourth-order valence-corrected chi connectivity index (χ4v) is 4.74. The number of methoxy groups -OCH3 is 1. The van der Waals surface area contributed by atoms with E-state index in [4.69, 9.17) is 4.74 Å². The average Bonchev–Trinajstić information content (AvgIpc) is 2.83. The number of ether oxygens (including phenoxy) is 1. The van der Waals surface area contributed by atoms with Crippen LogP contribution in [0.25, 0.3) is 0 Å². The minimum absolute atomic E-state index is 0.0226. The molecule has 2 aliphatic carbocycles. The minimum Gasteiger partial charge on any atom is -0.497 e. The van der Waals surface area contributed by atoms with Crippen LogP contribution in [0.5, 0.6) is 5.75 Å². The maximum Gasteiger partial charge on any atom is 0.258 e. The van der Waals surface area contributed by atoms with Crippen LogP contribution in [0.3, 0.4) is 0 Å². The van der Waals surface area contributed by atoms with E-state index in [-0.39, 0.29) is 11.8 Å². The van der Waals surface area contributed by atoms with Crippen molar-refractivity contribution in [2.45, 2.75) is 43.6 Å². The molecule has 1 aromatic rings. The van der Waals surface area contributed by atoms with E-state index < -0.39 is 11.5 Å². The topological polar surface area (TPSA) is 70.7 Å². The molecule has 3 aliphatic rings. The van der Waals surface area contributed by atoms with E-state index in [2.05, 4.69) is 10.7 Å². The molecule has 1 heterocycles. The third-order valence-electron chi connectivity index (χ3n) is 6.22. The molecule has 0 radical (unpaired) electrons. The molecular weight excluding hydrogens is 318 g/mol. The standard InChI is InChI=1S/C19H25N3O3/c1-22-10-15(16(23)21-22)20-17(24)19(11-18(12-19)8-3-9-18)13-4-6-14(25-2)7-5-13/h4-7,15H,3,8-12H2,1-2H3,(H,20,24)(H,21,23). The van der Waals surface area contributed by atoms with Gasteiger partial charge in [0.1, 0.15) is 11.8 Å². The molecule has 1 saturated heterocycles. The van der Waals surface area contributed by atoms with Crippen molar-refractivity contribution in [2.75, 3.05) is 20.7 Å². The number of carbonyl (C=O) groups is 2. The van der Waals surface area contributed by atoms with Crippen LogP contribution in [0.4, 0.5) is 0 Å². The van der Waals surface area contributed by atoms with Gasteiger partial charge in [-0.15, -0.1) is 0 Å². The first kappa shape index (κ1) is 16.4. The lowest BCUT2D eigenvalue weighted by atomic mass is 9.43. The normalized spacial score (nSPS) is 26.5. The Hall–Kier alpha value is -2.08. The van der Waals surface area contributed by atoms with Gasteiger partial charge in [-0.3, -0.25) is 15.0 Å². The van der Waals surface area contributed by atoms with Crippen molar-refractivity contribution in [3.8, 4) is 5.75 Å². The van der Waals surface area contributed by atoms with Crippen LogP contribution in [-0.2, 0) is 15.0 Å². The predicted molar refractivity (Wildman–Crippen MR) is 92.9 cm³/mol. The number of nitrogens with one attached hydrogen (secondary N) is 2. The van der Waals surface area contributed by atoms with Crippen molar-refractivity contribution in [3.63, 3.8) is 0 Å².